The summed E-state index contributed by atoms with van der Waals surface area (Å²) in [5.74, 6) is -0.458. The molecule has 0 aliphatic rings. The quantitative estimate of drug-likeness (QED) is 0.757. The molecule has 3 rings (SSSR count). The molecular formula is C21H22FN3O. The molecule has 0 aliphatic heterocycles. The van der Waals surface area contributed by atoms with Gasteiger partial charge in [0.05, 0.1) is 17.8 Å². The number of rotatable bonds is 5. The van der Waals surface area contributed by atoms with Crippen LogP contribution < -0.4 is 5.32 Å². The highest BCUT2D eigenvalue weighted by atomic mass is 19.1. The molecular weight excluding hydrogens is 329 g/mol. The maximum Gasteiger partial charge on any atom is 0.255 e. The van der Waals surface area contributed by atoms with Crippen LogP contribution >= 0.6 is 0 Å². The van der Waals surface area contributed by atoms with Gasteiger partial charge in [0.1, 0.15) is 5.82 Å². The zero-order valence-electron chi connectivity index (χ0n) is 15.2. The summed E-state index contributed by atoms with van der Waals surface area (Å²) in [6.45, 7) is 6.33. The van der Waals surface area contributed by atoms with E-state index in [1.807, 2.05) is 54.9 Å². The van der Waals surface area contributed by atoms with Crippen LogP contribution in [0.15, 0.2) is 48.5 Å². The Morgan fingerprint density at radius 1 is 1.08 bits per heavy atom. The van der Waals surface area contributed by atoms with E-state index < -0.39 is 0 Å². The molecule has 1 amide bonds. The summed E-state index contributed by atoms with van der Waals surface area (Å²) in [7, 11) is 0. The zero-order valence-corrected chi connectivity index (χ0v) is 15.2. The fraction of sp³-hybridized carbons (Fsp3) is 0.238. The largest absolute Gasteiger partial charge is 0.348 e. The van der Waals surface area contributed by atoms with E-state index in [2.05, 4.69) is 10.4 Å². The van der Waals surface area contributed by atoms with Crippen LogP contribution in [0, 0.1) is 26.6 Å². The minimum Gasteiger partial charge on any atom is -0.348 e. The van der Waals surface area contributed by atoms with Crippen molar-refractivity contribution in [1.82, 2.24) is 15.1 Å². The summed E-state index contributed by atoms with van der Waals surface area (Å²) in [5, 5.41) is 7.36. The van der Waals surface area contributed by atoms with E-state index in [1.54, 1.807) is 13.0 Å². The molecule has 26 heavy (non-hydrogen) atoms. The van der Waals surface area contributed by atoms with Crippen molar-refractivity contribution in [3.05, 3.63) is 88.0 Å². The first-order chi connectivity index (χ1) is 12.5. The molecule has 0 bridgehead atoms. The smallest absolute Gasteiger partial charge is 0.255 e. The van der Waals surface area contributed by atoms with Gasteiger partial charge >= 0.3 is 0 Å². The van der Waals surface area contributed by atoms with Crippen molar-refractivity contribution in [3.63, 3.8) is 0 Å². The molecule has 0 saturated heterocycles. The Morgan fingerprint density at radius 3 is 2.50 bits per heavy atom. The second-order valence-electron chi connectivity index (χ2n) is 6.46. The van der Waals surface area contributed by atoms with Gasteiger partial charge in [-0.3, -0.25) is 9.48 Å². The molecule has 3 aromatic rings. The molecule has 0 saturated carbocycles. The van der Waals surface area contributed by atoms with Crippen molar-refractivity contribution in [3.8, 4) is 0 Å². The van der Waals surface area contributed by atoms with Crippen LogP contribution in [0.25, 0.3) is 0 Å². The Kier molecular flexibility index (Phi) is 5.16. The van der Waals surface area contributed by atoms with Crippen LogP contribution in [0.5, 0.6) is 0 Å². The topological polar surface area (TPSA) is 46.9 Å². The lowest BCUT2D eigenvalue weighted by Gasteiger charge is -2.08. The van der Waals surface area contributed by atoms with Crippen molar-refractivity contribution < 1.29 is 9.18 Å². The first-order valence-corrected chi connectivity index (χ1v) is 8.57. The van der Waals surface area contributed by atoms with E-state index in [4.69, 9.17) is 0 Å². The average Bonchev–Trinajstić information content (AvgIpc) is 2.90. The molecule has 0 aliphatic carbocycles. The van der Waals surface area contributed by atoms with Crippen LogP contribution in [-0.2, 0) is 13.1 Å². The second-order valence-corrected chi connectivity index (χ2v) is 6.46. The number of hydrogen-bond donors (Lipinski definition) is 1. The number of hydrogen-bond acceptors (Lipinski definition) is 2. The van der Waals surface area contributed by atoms with Crippen molar-refractivity contribution in [1.29, 1.82) is 0 Å². The molecule has 0 spiro atoms. The third-order valence-electron chi connectivity index (χ3n) is 4.47. The normalized spacial score (nSPS) is 10.8. The molecule has 0 fully saturated rings. The van der Waals surface area contributed by atoms with Crippen LogP contribution in [0.2, 0.25) is 0 Å². The Balaban J connectivity index is 1.74. The highest BCUT2D eigenvalue weighted by Gasteiger charge is 2.18. The van der Waals surface area contributed by atoms with Gasteiger partial charge in [-0.2, -0.15) is 5.10 Å². The number of benzene rings is 2. The first-order valence-electron chi connectivity index (χ1n) is 8.57. The fourth-order valence-corrected chi connectivity index (χ4v) is 2.95. The molecule has 134 valence electrons. The SMILES string of the molecule is Cc1ccc(CNC(=O)c2c(C)nn(Cc3ccccc3)c2C)cc1F. The minimum atomic E-state index is -0.264. The monoisotopic (exact) mass is 351 g/mol. The number of carbonyl (C=O) groups excluding carboxylic acids is 1. The molecule has 4 nitrogen and oxygen atoms in total. The van der Waals surface area contributed by atoms with Gasteiger partial charge in [0.2, 0.25) is 0 Å². The molecule has 1 N–H and O–H groups in total. The summed E-state index contributed by atoms with van der Waals surface area (Å²) in [6, 6.07) is 15.0. The van der Waals surface area contributed by atoms with Crippen LogP contribution in [-0.4, -0.2) is 15.7 Å². The van der Waals surface area contributed by atoms with Crippen molar-refractivity contribution in [2.45, 2.75) is 33.9 Å². The van der Waals surface area contributed by atoms with Crippen molar-refractivity contribution in [2.24, 2.45) is 0 Å². The zero-order chi connectivity index (χ0) is 18.7. The van der Waals surface area contributed by atoms with Gasteiger partial charge in [0, 0.05) is 12.2 Å². The number of aryl methyl sites for hydroxylation is 2. The summed E-state index contributed by atoms with van der Waals surface area (Å²) >= 11 is 0. The number of nitrogens with zero attached hydrogens (tertiary/aromatic N) is 2. The number of halogens is 1. The Morgan fingerprint density at radius 2 is 1.81 bits per heavy atom. The fourth-order valence-electron chi connectivity index (χ4n) is 2.95. The Hall–Kier alpha value is -2.95. The van der Waals surface area contributed by atoms with Gasteiger partial charge in [-0.05, 0) is 43.5 Å². The van der Waals surface area contributed by atoms with E-state index in [9.17, 15) is 9.18 Å². The molecule has 0 atom stereocenters. The minimum absolute atomic E-state index is 0.194. The van der Waals surface area contributed by atoms with E-state index in [-0.39, 0.29) is 18.3 Å². The summed E-state index contributed by atoms with van der Waals surface area (Å²) in [6.07, 6.45) is 0. The van der Waals surface area contributed by atoms with Gasteiger partial charge in [-0.25, -0.2) is 4.39 Å². The van der Waals surface area contributed by atoms with Gasteiger partial charge in [-0.15, -0.1) is 0 Å². The number of aromatic nitrogens is 2. The van der Waals surface area contributed by atoms with Crippen LogP contribution in [0.4, 0.5) is 4.39 Å². The van der Waals surface area contributed by atoms with E-state index in [0.29, 0.717) is 23.4 Å². The van der Waals surface area contributed by atoms with E-state index >= 15 is 0 Å². The second kappa shape index (κ2) is 7.52. The molecule has 1 heterocycles. The Labute approximate surface area is 152 Å². The van der Waals surface area contributed by atoms with Gasteiger partial charge < -0.3 is 5.32 Å². The summed E-state index contributed by atoms with van der Waals surface area (Å²) in [4.78, 5) is 12.6. The number of carbonyl (C=O) groups is 1. The highest BCUT2D eigenvalue weighted by molar-refractivity contribution is 5.96. The predicted molar refractivity (Wildman–Crippen MR) is 99.6 cm³/mol. The van der Waals surface area contributed by atoms with Crippen LogP contribution in [0.3, 0.4) is 0 Å². The van der Waals surface area contributed by atoms with E-state index in [1.165, 1.54) is 6.07 Å². The summed E-state index contributed by atoms with van der Waals surface area (Å²) in [5.41, 5.74) is 4.53. The highest BCUT2D eigenvalue weighted by Crippen LogP contribution is 2.15. The lowest BCUT2D eigenvalue weighted by molar-refractivity contribution is 0.0949. The Bertz CT molecular complexity index is 932. The summed E-state index contributed by atoms with van der Waals surface area (Å²) < 4.78 is 15.5. The molecule has 0 unspecified atom stereocenters. The van der Waals surface area contributed by atoms with Gasteiger partial charge in [0.25, 0.3) is 5.91 Å². The van der Waals surface area contributed by atoms with Crippen molar-refractivity contribution in [2.75, 3.05) is 0 Å². The third-order valence-corrected chi connectivity index (χ3v) is 4.47. The van der Waals surface area contributed by atoms with Gasteiger partial charge in [-0.1, -0.05) is 42.5 Å². The maximum atomic E-state index is 13.6. The molecule has 2 aromatic carbocycles. The third kappa shape index (κ3) is 3.82. The average molecular weight is 351 g/mol. The number of amides is 1. The molecule has 0 radical (unpaired) electrons. The number of nitrogens with one attached hydrogen (secondary N) is 1. The lowest BCUT2D eigenvalue weighted by atomic mass is 10.1. The van der Waals surface area contributed by atoms with Crippen LogP contribution in [0.1, 0.15) is 38.4 Å². The van der Waals surface area contributed by atoms with Gasteiger partial charge in [0.15, 0.2) is 0 Å². The van der Waals surface area contributed by atoms with Crippen molar-refractivity contribution >= 4 is 5.91 Å². The standard InChI is InChI=1S/C21H22FN3O/c1-14-9-10-18(11-19(14)22)12-23-21(26)20-15(2)24-25(16(20)3)13-17-7-5-4-6-8-17/h4-11H,12-13H2,1-3H3,(H,23,26). The molecule has 1 aromatic heterocycles. The molecule has 5 heteroatoms. The predicted octanol–water partition coefficient (Wildman–Crippen LogP) is 3.93. The lowest BCUT2D eigenvalue weighted by Crippen LogP contribution is -2.24. The van der Waals surface area contributed by atoms with E-state index in [0.717, 1.165) is 16.8 Å². The first kappa shape index (κ1) is 17.9. The maximum absolute atomic E-state index is 13.6.